The van der Waals surface area contributed by atoms with E-state index in [1.54, 1.807) is 25.3 Å². The molecule has 0 unspecified atom stereocenters. The Morgan fingerprint density at radius 3 is 2.55 bits per heavy atom. The van der Waals surface area contributed by atoms with Gasteiger partial charge in [0.15, 0.2) is 5.78 Å². The second-order valence-electron chi connectivity index (χ2n) is 4.41. The number of benzene rings is 2. The molecule has 0 aliphatic carbocycles. The fourth-order valence-corrected chi connectivity index (χ4v) is 1.85. The molecule has 2 aromatic carbocycles. The minimum absolute atomic E-state index is 0.0153. The number of carbonyl (C=O) groups excluding carboxylic acids is 1. The third-order valence-corrected chi connectivity index (χ3v) is 2.82. The minimum Gasteiger partial charge on any atom is -0.497 e. The van der Waals surface area contributed by atoms with Crippen LogP contribution in [-0.2, 0) is 0 Å². The summed E-state index contributed by atoms with van der Waals surface area (Å²) in [5.41, 5.74) is 2.35. The summed E-state index contributed by atoms with van der Waals surface area (Å²) < 4.78 is 5.16. The van der Waals surface area contributed by atoms with E-state index in [9.17, 15) is 4.79 Å². The van der Waals surface area contributed by atoms with Crippen molar-refractivity contribution in [1.29, 1.82) is 0 Å². The van der Waals surface area contributed by atoms with Gasteiger partial charge in [-0.05, 0) is 19.1 Å². The molecule has 0 heterocycles. The van der Waals surface area contributed by atoms with Gasteiger partial charge < -0.3 is 10.1 Å². The van der Waals surface area contributed by atoms with Crippen molar-refractivity contribution in [1.82, 2.24) is 0 Å². The van der Waals surface area contributed by atoms with Crippen LogP contribution in [-0.4, -0.2) is 12.9 Å². The van der Waals surface area contributed by atoms with E-state index in [0.717, 1.165) is 17.1 Å². The van der Waals surface area contributed by atoms with Crippen LogP contribution in [0.2, 0.25) is 0 Å². The van der Waals surface area contributed by atoms with Crippen molar-refractivity contribution in [3.05, 3.63) is 71.9 Å². The first-order valence-electron chi connectivity index (χ1n) is 6.38. The number of nitrogens with one attached hydrogen (secondary N) is 1. The summed E-state index contributed by atoms with van der Waals surface area (Å²) in [6, 6.07) is 16.8. The molecule has 0 aliphatic heterocycles. The molecule has 2 rings (SSSR count). The Bertz CT molecular complexity index is 618. The molecule has 102 valence electrons. The topological polar surface area (TPSA) is 38.3 Å². The van der Waals surface area contributed by atoms with Crippen LogP contribution in [0.25, 0.3) is 0 Å². The predicted octanol–water partition coefficient (Wildman–Crippen LogP) is 3.89. The van der Waals surface area contributed by atoms with Crippen LogP contribution in [0.1, 0.15) is 17.3 Å². The zero-order valence-electron chi connectivity index (χ0n) is 11.6. The van der Waals surface area contributed by atoms with Crippen molar-refractivity contribution < 1.29 is 9.53 Å². The highest BCUT2D eigenvalue weighted by molar-refractivity contribution is 6.05. The molecule has 0 fully saturated rings. The van der Waals surface area contributed by atoms with Gasteiger partial charge in [-0.25, -0.2) is 0 Å². The summed E-state index contributed by atoms with van der Waals surface area (Å²) in [7, 11) is 1.63. The first-order chi connectivity index (χ1) is 9.69. The van der Waals surface area contributed by atoms with Gasteiger partial charge in [-0.2, -0.15) is 0 Å². The molecule has 2 aromatic rings. The molecule has 0 spiro atoms. The third-order valence-electron chi connectivity index (χ3n) is 2.82. The lowest BCUT2D eigenvalue weighted by Gasteiger charge is -2.08. The summed E-state index contributed by atoms with van der Waals surface area (Å²) in [6.45, 7) is 1.86. The standard InChI is InChI=1S/C17H17NO2/c1-13(11-17(19)14-7-4-3-5-8-14)18-15-9-6-10-16(12-15)20-2/h3-12,18H,1-2H3/b13-11+. The van der Waals surface area contributed by atoms with E-state index in [0.29, 0.717) is 5.56 Å². The maximum Gasteiger partial charge on any atom is 0.187 e. The van der Waals surface area contributed by atoms with Gasteiger partial charge in [0, 0.05) is 29.1 Å². The van der Waals surface area contributed by atoms with Crippen LogP contribution < -0.4 is 10.1 Å². The van der Waals surface area contributed by atoms with Crippen molar-refractivity contribution in [2.75, 3.05) is 12.4 Å². The monoisotopic (exact) mass is 267 g/mol. The van der Waals surface area contributed by atoms with Gasteiger partial charge in [-0.1, -0.05) is 36.4 Å². The molecule has 1 N–H and O–H groups in total. The van der Waals surface area contributed by atoms with Crippen molar-refractivity contribution >= 4 is 11.5 Å². The number of rotatable bonds is 5. The molecule has 3 heteroatoms. The largest absolute Gasteiger partial charge is 0.497 e. The van der Waals surface area contributed by atoms with E-state index < -0.39 is 0 Å². The highest BCUT2D eigenvalue weighted by atomic mass is 16.5. The third kappa shape index (κ3) is 3.72. The van der Waals surface area contributed by atoms with Crippen LogP contribution in [0, 0.1) is 0 Å². The average Bonchev–Trinajstić information content (AvgIpc) is 2.48. The Balaban J connectivity index is 2.09. The van der Waals surface area contributed by atoms with Crippen LogP contribution in [0.15, 0.2) is 66.4 Å². The highest BCUT2D eigenvalue weighted by Crippen LogP contribution is 2.18. The lowest BCUT2D eigenvalue weighted by atomic mass is 10.1. The van der Waals surface area contributed by atoms with Crippen LogP contribution in [0.3, 0.4) is 0 Å². The van der Waals surface area contributed by atoms with Crippen LogP contribution in [0.5, 0.6) is 5.75 Å². The lowest BCUT2D eigenvalue weighted by Crippen LogP contribution is -2.01. The van der Waals surface area contributed by atoms with E-state index in [4.69, 9.17) is 4.74 Å². The van der Waals surface area contributed by atoms with Gasteiger partial charge in [-0.15, -0.1) is 0 Å². The first kappa shape index (κ1) is 13.9. The summed E-state index contributed by atoms with van der Waals surface area (Å²) in [5, 5.41) is 3.18. The van der Waals surface area contributed by atoms with Gasteiger partial charge in [0.05, 0.1) is 7.11 Å². The van der Waals surface area contributed by atoms with Crippen LogP contribution in [0.4, 0.5) is 5.69 Å². The molecular weight excluding hydrogens is 250 g/mol. The van der Waals surface area contributed by atoms with Crippen molar-refractivity contribution in [2.45, 2.75) is 6.92 Å². The normalized spacial score (nSPS) is 11.0. The summed E-state index contributed by atoms with van der Waals surface area (Å²) in [6.07, 6.45) is 1.59. The number of hydrogen-bond donors (Lipinski definition) is 1. The molecule has 0 saturated carbocycles. The summed E-state index contributed by atoms with van der Waals surface area (Å²) in [5.74, 6) is 0.760. The number of ether oxygens (including phenoxy) is 1. The van der Waals surface area contributed by atoms with Gasteiger partial charge >= 0.3 is 0 Å². The average molecular weight is 267 g/mol. The number of ketones is 1. The zero-order valence-corrected chi connectivity index (χ0v) is 11.6. The molecule has 0 bridgehead atoms. The zero-order chi connectivity index (χ0) is 14.4. The Morgan fingerprint density at radius 1 is 1.10 bits per heavy atom. The fraction of sp³-hybridized carbons (Fsp3) is 0.118. The van der Waals surface area contributed by atoms with E-state index >= 15 is 0 Å². The molecule has 20 heavy (non-hydrogen) atoms. The SMILES string of the molecule is COc1cccc(N/C(C)=C/C(=O)c2ccccc2)c1. The van der Waals surface area contributed by atoms with Gasteiger partial charge in [0.25, 0.3) is 0 Å². The molecular formula is C17H17NO2. The number of anilines is 1. The highest BCUT2D eigenvalue weighted by Gasteiger charge is 2.02. The van der Waals surface area contributed by atoms with Crippen molar-refractivity contribution in [3.8, 4) is 5.75 Å². The molecule has 0 radical (unpaired) electrons. The van der Waals surface area contributed by atoms with E-state index in [1.807, 2.05) is 49.4 Å². The Labute approximate surface area is 118 Å². The molecule has 0 atom stereocenters. The predicted molar refractivity (Wildman–Crippen MR) is 81.1 cm³/mol. The summed E-state index contributed by atoms with van der Waals surface area (Å²) in [4.78, 5) is 12.0. The first-order valence-corrected chi connectivity index (χ1v) is 6.38. The van der Waals surface area contributed by atoms with Gasteiger partial charge in [0.1, 0.15) is 5.75 Å². The van der Waals surface area contributed by atoms with Gasteiger partial charge in [0.2, 0.25) is 0 Å². The quantitative estimate of drug-likeness (QED) is 0.659. The van der Waals surface area contributed by atoms with Gasteiger partial charge in [-0.3, -0.25) is 4.79 Å². The number of hydrogen-bond acceptors (Lipinski definition) is 3. The van der Waals surface area contributed by atoms with Crippen molar-refractivity contribution in [3.63, 3.8) is 0 Å². The Hall–Kier alpha value is -2.55. The number of methoxy groups -OCH3 is 1. The Morgan fingerprint density at radius 2 is 1.85 bits per heavy atom. The Kier molecular flexibility index (Phi) is 4.56. The minimum atomic E-state index is -0.0153. The van der Waals surface area contributed by atoms with Crippen LogP contribution >= 0.6 is 0 Å². The van der Waals surface area contributed by atoms with E-state index in [-0.39, 0.29) is 5.78 Å². The van der Waals surface area contributed by atoms with Crippen molar-refractivity contribution in [2.24, 2.45) is 0 Å². The molecule has 0 amide bonds. The molecule has 0 saturated heterocycles. The second-order valence-corrected chi connectivity index (χ2v) is 4.41. The fourth-order valence-electron chi connectivity index (χ4n) is 1.85. The number of carbonyl (C=O) groups is 1. The molecule has 0 aliphatic rings. The lowest BCUT2D eigenvalue weighted by molar-refractivity contribution is 0.104. The summed E-state index contributed by atoms with van der Waals surface area (Å²) >= 11 is 0. The van der Waals surface area contributed by atoms with E-state index in [1.165, 1.54) is 0 Å². The molecule has 3 nitrogen and oxygen atoms in total. The van der Waals surface area contributed by atoms with E-state index in [2.05, 4.69) is 5.32 Å². The maximum atomic E-state index is 12.0. The maximum absolute atomic E-state index is 12.0. The smallest absolute Gasteiger partial charge is 0.187 e. The molecule has 0 aromatic heterocycles. The second kappa shape index (κ2) is 6.57. The number of allylic oxidation sites excluding steroid dienone is 2.